The number of anilines is 1. The highest BCUT2D eigenvalue weighted by Crippen LogP contribution is 2.25. The molecular weight excluding hydrogens is 386 g/mol. The van der Waals surface area contributed by atoms with Crippen LogP contribution < -0.4 is 10.6 Å². The summed E-state index contributed by atoms with van der Waals surface area (Å²) in [4.78, 5) is 50.9. The van der Waals surface area contributed by atoms with Gasteiger partial charge in [0, 0.05) is 43.6 Å². The molecule has 1 aliphatic heterocycles. The first-order chi connectivity index (χ1) is 14.5. The highest BCUT2D eigenvalue weighted by atomic mass is 16.5. The average molecular weight is 409 g/mol. The van der Waals surface area contributed by atoms with E-state index in [-0.39, 0.29) is 35.0 Å². The lowest BCUT2D eigenvalue weighted by Crippen LogP contribution is -2.31. The second-order valence-electron chi connectivity index (χ2n) is 6.76. The molecule has 2 N–H and O–H groups in total. The molecule has 0 saturated carbocycles. The van der Waals surface area contributed by atoms with Crippen molar-refractivity contribution in [2.45, 2.75) is 13.3 Å². The normalized spacial score (nSPS) is 12.7. The Hall–Kier alpha value is -3.52. The van der Waals surface area contributed by atoms with Gasteiger partial charge in [-0.05, 0) is 49.7 Å². The van der Waals surface area contributed by atoms with Crippen LogP contribution in [0, 0.1) is 0 Å². The van der Waals surface area contributed by atoms with Crippen molar-refractivity contribution in [1.29, 1.82) is 0 Å². The number of methoxy groups -OCH3 is 1. The van der Waals surface area contributed by atoms with Gasteiger partial charge in [-0.2, -0.15) is 0 Å². The molecule has 0 radical (unpaired) electrons. The van der Waals surface area contributed by atoms with Crippen molar-refractivity contribution in [2.75, 3.05) is 32.1 Å². The molecule has 156 valence electrons. The van der Waals surface area contributed by atoms with Gasteiger partial charge in [0.1, 0.15) is 0 Å². The first-order valence-corrected chi connectivity index (χ1v) is 9.65. The summed E-state index contributed by atoms with van der Waals surface area (Å²) >= 11 is 0. The third-order valence-electron chi connectivity index (χ3n) is 4.68. The van der Waals surface area contributed by atoms with E-state index >= 15 is 0 Å². The van der Waals surface area contributed by atoms with Gasteiger partial charge in [-0.25, -0.2) is 0 Å². The second-order valence-corrected chi connectivity index (χ2v) is 6.76. The number of hydrogen-bond donors (Lipinski definition) is 2. The number of amides is 4. The summed E-state index contributed by atoms with van der Waals surface area (Å²) in [5.74, 6) is -1.46. The van der Waals surface area contributed by atoms with E-state index in [0.717, 1.165) is 0 Å². The van der Waals surface area contributed by atoms with E-state index in [1.165, 1.54) is 23.1 Å². The maximum Gasteiger partial charge on any atom is 0.261 e. The maximum absolute atomic E-state index is 12.7. The minimum atomic E-state index is -0.441. The number of ether oxygens (including phenoxy) is 1. The molecule has 0 saturated heterocycles. The van der Waals surface area contributed by atoms with E-state index in [1.54, 1.807) is 31.4 Å². The number of carbonyl (C=O) groups excluding carboxylic acids is 4. The molecule has 2 aromatic rings. The van der Waals surface area contributed by atoms with Crippen LogP contribution in [0.4, 0.5) is 5.69 Å². The van der Waals surface area contributed by atoms with E-state index in [9.17, 15) is 19.2 Å². The van der Waals surface area contributed by atoms with Gasteiger partial charge in [0.15, 0.2) is 0 Å². The van der Waals surface area contributed by atoms with Crippen LogP contribution in [-0.4, -0.2) is 55.3 Å². The first kappa shape index (κ1) is 21.2. The lowest BCUT2D eigenvalue weighted by molar-refractivity contribution is 0.0638. The Morgan fingerprint density at radius 3 is 2.43 bits per heavy atom. The van der Waals surface area contributed by atoms with Gasteiger partial charge < -0.3 is 15.4 Å². The molecule has 2 aromatic carbocycles. The van der Waals surface area contributed by atoms with Crippen LogP contribution in [0.5, 0.6) is 0 Å². The topological polar surface area (TPSA) is 105 Å². The standard InChI is InChI=1S/C22H23N3O5/c1-3-23-19(26)14-6-4-7-16(12-14)24-20(27)15-8-9-17-18(13-15)22(29)25(21(17)28)10-5-11-30-2/h4,6-9,12-13H,3,5,10-11H2,1-2H3,(H,23,26)(H,24,27). The molecule has 0 aliphatic carbocycles. The Morgan fingerprint density at radius 1 is 0.967 bits per heavy atom. The summed E-state index contributed by atoms with van der Waals surface area (Å²) < 4.78 is 4.97. The van der Waals surface area contributed by atoms with E-state index in [4.69, 9.17) is 4.74 Å². The maximum atomic E-state index is 12.7. The largest absolute Gasteiger partial charge is 0.385 e. The van der Waals surface area contributed by atoms with Gasteiger partial charge in [-0.15, -0.1) is 0 Å². The Labute approximate surface area is 174 Å². The van der Waals surface area contributed by atoms with Crippen LogP contribution in [-0.2, 0) is 4.74 Å². The average Bonchev–Trinajstić information content (AvgIpc) is 2.98. The Balaban J connectivity index is 1.75. The zero-order valence-electron chi connectivity index (χ0n) is 16.9. The number of benzene rings is 2. The predicted molar refractivity (Wildman–Crippen MR) is 111 cm³/mol. The smallest absolute Gasteiger partial charge is 0.261 e. The van der Waals surface area contributed by atoms with Gasteiger partial charge in [-0.1, -0.05) is 6.07 Å². The van der Waals surface area contributed by atoms with E-state index in [2.05, 4.69) is 10.6 Å². The van der Waals surface area contributed by atoms with Crippen LogP contribution in [0.1, 0.15) is 54.8 Å². The molecular formula is C22H23N3O5. The lowest BCUT2D eigenvalue weighted by Gasteiger charge is -2.12. The molecule has 8 heteroatoms. The first-order valence-electron chi connectivity index (χ1n) is 9.65. The fourth-order valence-corrected chi connectivity index (χ4v) is 3.21. The number of nitrogens with one attached hydrogen (secondary N) is 2. The summed E-state index contributed by atoms with van der Waals surface area (Å²) in [7, 11) is 1.55. The highest BCUT2D eigenvalue weighted by Gasteiger charge is 2.35. The summed E-state index contributed by atoms with van der Waals surface area (Å²) in [5, 5.41) is 5.42. The zero-order valence-corrected chi connectivity index (χ0v) is 16.9. The fourth-order valence-electron chi connectivity index (χ4n) is 3.21. The monoisotopic (exact) mass is 409 g/mol. The van der Waals surface area contributed by atoms with Gasteiger partial charge in [0.25, 0.3) is 23.6 Å². The van der Waals surface area contributed by atoms with Gasteiger partial charge >= 0.3 is 0 Å². The minimum absolute atomic E-state index is 0.209. The Kier molecular flexibility index (Phi) is 6.58. The number of rotatable bonds is 8. The molecule has 30 heavy (non-hydrogen) atoms. The SMILES string of the molecule is CCNC(=O)c1cccc(NC(=O)c2ccc3c(c2)C(=O)N(CCCOC)C3=O)c1. The number of hydrogen-bond acceptors (Lipinski definition) is 5. The number of imide groups is 1. The van der Waals surface area contributed by atoms with Gasteiger partial charge in [0.05, 0.1) is 11.1 Å². The molecule has 0 fully saturated rings. The predicted octanol–water partition coefficient (Wildman–Crippen LogP) is 2.32. The van der Waals surface area contributed by atoms with Crippen molar-refractivity contribution in [3.05, 3.63) is 64.7 Å². The zero-order chi connectivity index (χ0) is 21.7. The fraction of sp³-hybridized carbons (Fsp3) is 0.273. The molecule has 0 bridgehead atoms. The van der Waals surface area contributed by atoms with Crippen molar-refractivity contribution >= 4 is 29.3 Å². The van der Waals surface area contributed by atoms with Crippen LogP contribution >= 0.6 is 0 Å². The Bertz CT molecular complexity index is 1000. The van der Waals surface area contributed by atoms with Gasteiger partial charge in [-0.3, -0.25) is 24.1 Å². The molecule has 1 aliphatic rings. The van der Waals surface area contributed by atoms with E-state index < -0.39 is 11.8 Å². The van der Waals surface area contributed by atoms with Crippen molar-refractivity contribution in [3.8, 4) is 0 Å². The molecule has 0 aromatic heterocycles. The summed E-state index contributed by atoms with van der Waals surface area (Å²) in [6.45, 7) is 3.02. The van der Waals surface area contributed by atoms with Gasteiger partial charge in [0.2, 0.25) is 0 Å². The highest BCUT2D eigenvalue weighted by molar-refractivity contribution is 6.22. The van der Waals surface area contributed by atoms with Crippen LogP contribution in [0.15, 0.2) is 42.5 Å². The number of fused-ring (bicyclic) bond motifs is 1. The minimum Gasteiger partial charge on any atom is -0.385 e. The lowest BCUT2D eigenvalue weighted by atomic mass is 10.1. The number of nitrogens with zero attached hydrogens (tertiary/aromatic N) is 1. The van der Waals surface area contributed by atoms with E-state index in [1.807, 2.05) is 6.92 Å². The molecule has 8 nitrogen and oxygen atoms in total. The van der Waals surface area contributed by atoms with Crippen molar-refractivity contribution in [3.63, 3.8) is 0 Å². The third-order valence-corrected chi connectivity index (χ3v) is 4.68. The van der Waals surface area contributed by atoms with E-state index in [0.29, 0.717) is 30.8 Å². The quantitative estimate of drug-likeness (QED) is 0.514. The molecule has 4 amide bonds. The third kappa shape index (κ3) is 4.38. The van der Waals surface area contributed by atoms with Crippen LogP contribution in [0.2, 0.25) is 0 Å². The molecule has 0 atom stereocenters. The summed E-state index contributed by atoms with van der Waals surface area (Å²) in [5.41, 5.74) is 1.62. The summed E-state index contributed by atoms with van der Waals surface area (Å²) in [6.07, 6.45) is 0.539. The van der Waals surface area contributed by atoms with Crippen molar-refractivity contribution in [2.24, 2.45) is 0 Å². The van der Waals surface area contributed by atoms with Crippen LogP contribution in [0.3, 0.4) is 0 Å². The Morgan fingerprint density at radius 2 is 1.70 bits per heavy atom. The van der Waals surface area contributed by atoms with Crippen molar-refractivity contribution < 1.29 is 23.9 Å². The second kappa shape index (κ2) is 9.32. The molecule has 0 unspecified atom stereocenters. The van der Waals surface area contributed by atoms with Crippen LogP contribution in [0.25, 0.3) is 0 Å². The summed E-state index contributed by atoms with van der Waals surface area (Å²) in [6, 6.07) is 11.0. The molecule has 3 rings (SSSR count). The molecule has 0 spiro atoms. The van der Waals surface area contributed by atoms with Crippen molar-refractivity contribution in [1.82, 2.24) is 10.2 Å². The number of carbonyl (C=O) groups is 4. The molecule has 1 heterocycles.